The molecule has 2 heterocycles. The van der Waals surface area contributed by atoms with E-state index in [1.807, 2.05) is 13.1 Å². The molecule has 0 N–H and O–H groups in total. The molecular formula is C18H24N4O2. The van der Waals surface area contributed by atoms with Crippen LogP contribution < -0.4 is 0 Å². The van der Waals surface area contributed by atoms with Gasteiger partial charge in [0.05, 0.1) is 6.54 Å². The lowest BCUT2D eigenvalue weighted by atomic mass is 9.99. The summed E-state index contributed by atoms with van der Waals surface area (Å²) in [5, 5.41) is 3.86. The number of amides is 1. The number of nitrogens with zero attached hydrogens (tertiary/aromatic N) is 4. The van der Waals surface area contributed by atoms with E-state index < -0.39 is 0 Å². The van der Waals surface area contributed by atoms with Crippen molar-refractivity contribution in [3.8, 4) is 0 Å². The SMILES string of the molecule is Cc1nc(CCN(C)C(=O)CN2CC[C@@H](c3ccccc3)C2)no1. The fraction of sp³-hybridized carbons (Fsp3) is 0.500. The Kier molecular flexibility index (Phi) is 5.25. The van der Waals surface area contributed by atoms with Crippen LogP contribution in [0.3, 0.4) is 0 Å². The van der Waals surface area contributed by atoms with Crippen LogP contribution in [0.2, 0.25) is 0 Å². The minimum atomic E-state index is 0.143. The molecule has 24 heavy (non-hydrogen) atoms. The van der Waals surface area contributed by atoms with Crippen LogP contribution in [-0.4, -0.2) is 59.1 Å². The van der Waals surface area contributed by atoms with E-state index in [0.29, 0.717) is 37.1 Å². The third kappa shape index (κ3) is 4.20. The van der Waals surface area contributed by atoms with Gasteiger partial charge < -0.3 is 9.42 Å². The number of likely N-dealkylation sites (N-methyl/N-ethyl adjacent to an activating group) is 1. The topological polar surface area (TPSA) is 62.5 Å². The van der Waals surface area contributed by atoms with E-state index in [1.54, 1.807) is 11.8 Å². The fourth-order valence-corrected chi connectivity index (χ4v) is 3.12. The molecule has 128 valence electrons. The zero-order chi connectivity index (χ0) is 16.9. The van der Waals surface area contributed by atoms with Gasteiger partial charge in [-0.3, -0.25) is 9.69 Å². The summed E-state index contributed by atoms with van der Waals surface area (Å²) < 4.78 is 4.95. The first-order valence-electron chi connectivity index (χ1n) is 8.42. The van der Waals surface area contributed by atoms with Gasteiger partial charge in [0.25, 0.3) is 0 Å². The molecule has 0 radical (unpaired) electrons. The van der Waals surface area contributed by atoms with Gasteiger partial charge in [-0.25, -0.2) is 0 Å². The number of carbonyl (C=O) groups is 1. The van der Waals surface area contributed by atoms with E-state index in [4.69, 9.17) is 4.52 Å². The fourth-order valence-electron chi connectivity index (χ4n) is 3.12. The lowest BCUT2D eigenvalue weighted by molar-refractivity contribution is -0.130. The summed E-state index contributed by atoms with van der Waals surface area (Å²) >= 11 is 0. The zero-order valence-electron chi connectivity index (χ0n) is 14.3. The average molecular weight is 328 g/mol. The Labute approximate surface area is 142 Å². The van der Waals surface area contributed by atoms with Crippen molar-refractivity contribution < 1.29 is 9.32 Å². The monoisotopic (exact) mass is 328 g/mol. The lowest BCUT2D eigenvalue weighted by Crippen LogP contribution is -2.38. The molecule has 1 atom stereocenters. The van der Waals surface area contributed by atoms with Gasteiger partial charge in [-0.15, -0.1) is 0 Å². The maximum atomic E-state index is 12.4. The lowest BCUT2D eigenvalue weighted by Gasteiger charge is -2.21. The van der Waals surface area contributed by atoms with Crippen molar-refractivity contribution in [2.24, 2.45) is 0 Å². The van der Waals surface area contributed by atoms with E-state index >= 15 is 0 Å². The summed E-state index contributed by atoms with van der Waals surface area (Å²) in [6.45, 7) is 4.78. The minimum Gasteiger partial charge on any atom is -0.344 e. The molecule has 1 saturated heterocycles. The quantitative estimate of drug-likeness (QED) is 0.810. The highest BCUT2D eigenvalue weighted by atomic mass is 16.5. The summed E-state index contributed by atoms with van der Waals surface area (Å²) in [5.41, 5.74) is 1.37. The first kappa shape index (κ1) is 16.6. The van der Waals surface area contributed by atoms with Crippen molar-refractivity contribution >= 4 is 5.91 Å². The number of benzene rings is 1. The number of likely N-dealkylation sites (tertiary alicyclic amines) is 1. The third-order valence-corrected chi connectivity index (χ3v) is 4.57. The number of aryl methyl sites for hydroxylation is 1. The molecule has 0 unspecified atom stereocenters. The summed E-state index contributed by atoms with van der Waals surface area (Å²) in [6.07, 6.45) is 1.73. The highest BCUT2D eigenvalue weighted by Crippen LogP contribution is 2.26. The van der Waals surface area contributed by atoms with Gasteiger partial charge in [0.15, 0.2) is 5.82 Å². The van der Waals surface area contributed by atoms with Crippen molar-refractivity contribution in [3.63, 3.8) is 0 Å². The highest BCUT2D eigenvalue weighted by molar-refractivity contribution is 5.78. The summed E-state index contributed by atoms with van der Waals surface area (Å²) in [5.74, 6) is 1.89. The molecule has 1 aromatic heterocycles. The second kappa shape index (κ2) is 7.57. The molecule has 1 aliphatic heterocycles. The maximum absolute atomic E-state index is 12.4. The number of hydrogen-bond acceptors (Lipinski definition) is 5. The van der Waals surface area contributed by atoms with Crippen LogP contribution in [0.5, 0.6) is 0 Å². The largest absolute Gasteiger partial charge is 0.344 e. The van der Waals surface area contributed by atoms with Crippen LogP contribution in [0.15, 0.2) is 34.9 Å². The van der Waals surface area contributed by atoms with Gasteiger partial charge in [-0.05, 0) is 24.4 Å². The van der Waals surface area contributed by atoms with Crippen molar-refractivity contribution in [3.05, 3.63) is 47.6 Å². The van der Waals surface area contributed by atoms with Gasteiger partial charge in [0.1, 0.15) is 0 Å². The van der Waals surface area contributed by atoms with Gasteiger partial charge in [0, 0.05) is 33.5 Å². The molecule has 0 saturated carbocycles. The number of carbonyl (C=O) groups excluding carboxylic acids is 1. The molecule has 6 nitrogen and oxygen atoms in total. The highest BCUT2D eigenvalue weighted by Gasteiger charge is 2.26. The minimum absolute atomic E-state index is 0.143. The van der Waals surface area contributed by atoms with Gasteiger partial charge in [-0.1, -0.05) is 35.5 Å². The normalized spacial score (nSPS) is 18.0. The molecule has 1 fully saturated rings. The van der Waals surface area contributed by atoms with E-state index in [1.165, 1.54) is 5.56 Å². The Morgan fingerprint density at radius 3 is 2.88 bits per heavy atom. The maximum Gasteiger partial charge on any atom is 0.236 e. The van der Waals surface area contributed by atoms with Crippen LogP contribution in [0, 0.1) is 6.92 Å². The van der Waals surface area contributed by atoms with Gasteiger partial charge in [-0.2, -0.15) is 4.98 Å². The molecule has 1 aromatic carbocycles. The Morgan fingerprint density at radius 2 is 2.17 bits per heavy atom. The summed E-state index contributed by atoms with van der Waals surface area (Å²) in [6, 6.07) is 10.6. The second-order valence-corrected chi connectivity index (χ2v) is 6.43. The first-order chi connectivity index (χ1) is 11.6. The third-order valence-electron chi connectivity index (χ3n) is 4.57. The molecule has 0 aliphatic carbocycles. The van der Waals surface area contributed by atoms with E-state index in [9.17, 15) is 4.79 Å². The predicted molar refractivity (Wildman–Crippen MR) is 90.6 cm³/mol. The van der Waals surface area contributed by atoms with E-state index in [2.05, 4.69) is 39.3 Å². The number of rotatable bonds is 6. The standard InChI is InChI=1S/C18H24N4O2/c1-14-19-17(20-24-14)9-10-21(2)18(23)13-22-11-8-16(12-22)15-6-4-3-5-7-15/h3-7,16H,8-13H2,1-2H3/t16-/m1/s1. The van der Waals surface area contributed by atoms with Gasteiger partial charge >= 0.3 is 0 Å². The Bertz CT molecular complexity index is 671. The Hall–Kier alpha value is -2.21. The smallest absolute Gasteiger partial charge is 0.236 e. The van der Waals surface area contributed by atoms with Crippen molar-refractivity contribution in [2.75, 3.05) is 33.2 Å². The summed E-state index contributed by atoms with van der Waals surface area (Å²) in [4.78, 5) is 20.5. The van der Waals surface area contributed by atoms with Crippen molar-refractivity contribution in [1.29, 1.82) is 0 Å². The molecule has 6 heteroatoms. The molecule has 3 rings (SSSR count). The molecular weight excluding hydrogens is 304 g/mol. The van der Waals surface area contributed by atoms with Crippen molar-refractivity contribution in [2.45, 2.75) is 25.7 Å². The van der Waals surface area contributed by atoms with Crippen LogP contribution in [0.25, 0.3) is 0 Å². The first-order valence-corrected chi connectivity index (χ1v) is 8.42. The molecule has 2 aromatic rings. The zero-order valence-corrected chi connectivity index (χ0v) is 14.3. The number of aromatic nitrogens is 2. The Morgan fingerprint density at radius 1 is 1.38 bits per heavy atom. The van der Waals surface area contributed by atoms with E-state index in [-0.39, 0.29) is 5.91 Å². The second-order valence-electron chi connectivity index (χ2n) is 6.43. The van der Waals surface area contributed by atoms with Gasteiger partial charge in [0.2, 0.25) is 11.8 Å². The predicted octanol–water partition coefficient (Wildman–Crippen LogP) is 1.87. The van der Waals surface area contributed by atoms with Crippen LogP contribution in [-0.2, 0) is 11.2 Å². The van der Waals surface area contributed by atoms with Crippen molar-refractivity contribution in [1.82, 2.24) is 19.9 Å². The summed E-state index contributed by atoms with van der Waals surface area (Å²) in [7, 11) is 1.83. The van der Waals surface area contributed by atoms with Crippen LogP contribution in [0.4, 0.5) is 0 Å². The molecule has 0 spiro atoms. The van der Waals surface area contributed by atoms with E-state index in [0.717, 1.165) is 19.5 Å². The average Bonchev–Trinajstić information content (AvgIpc) is 3.22. The molecule has 1 amide bonds. The Balaban J connectivity index is 1.45. The number of hydrogen-bond donors (Lipinski definition) is 0. The molecule has 0 bridgehead atoms. The van der Waals surface area contributed by atoms with Crippen LogP contribution >= 0.6 is 0 Å². The van der Waals surface area contributed by atoms with Crippen LogP contribution in [0.1, 0.15) is 29.6 Å². The molecule has 1 aliphatic rings.